The molecule has 3 aliphatic rings. The molecule has 516 valence electrons. The van der Waals surface area contributed by atoms with Crippen LogP contribution < -0.4 is 0 Å². The zero-order chi connectivity index (χ0) is 72.3. The predicted molar refractivity (Wildman–Crippen MR) is 438 cm³/mol. The Bertz CT molecular complexity index is 2230. The van der Waals surface area contributed by atoms with E-state index in [2.05, 4.69) is 238 Å². The average Bonchev–Trinajstić information content (AvgIpc) is 3.27. The first-order chi connectivity index (χ1) is 45.2. The lowest BCUT2D eigenvalue weighted by atomic mass is 10.1. The van der Waals surface area contributed by atoms with Crippen LogP contribution in [0.3, 0.4) is 0 Å². The Morgan fingerprint density at radius 3 is 0.725 bits per heavy atom. The zero-order valence-corrected chi connectivity index (χ0v) is 66.0. The molecule has 0 unspecified atom stereocenters. The van der Waals surface area contributed by atoms with Crippen LogP contribution in [-0.4, -0.2) is 0 Å². The first-order valence-electron chi connectivity index (χ1n) is 36.9. The Hall–Kier alpha value is -6.76. The van der Waals surface area contributed by atoms with E-state index in [-0.39, 0.29) is 0 Å². The molecule has 0 heterocycles. The Morgan fingerprint density at radius 1 is 0.242 bits per heavy atom. The van der Waals surface area contributed by atoms with Crippen LogP contribution >= 0.6 is 0 Å². The predicted octanol–water partition coefficient (Wildman–Crippen LogP) is 32.6. The molecule has 8 aromatic carbocycles. The van der Waals surface area contributed by atoms with Crippen LogP contribution in [0.5, 0.6) is 0 Å². The highest BCUT2D eigenvalue weighted by atomic mass is 14.1. The van der Waals surface area contributed by atoms with Gasteiger partial charge in [0.2, 0.25) is 0 Å². The molecule has 0 radical (unpaired) electrons. The summed E-state index contributed by atoms with van der Waals surface area (Å²) in [6.45, 7) is 62.1. The summed E-state index contributed by atoms with van der Waals surface area (Å²) >= 11 is 0. The van der Waals surface area contributed by atoms with E-state index in [4.69, 9.17) is 0 Å². The molecule has 0 aromatic heterocycles. The third-order valence-corrected chi connectivity index (χ3v) is 10.2. The molecule has 8 aromatic rings. The van der Waals surface area contributed by atoms with Crippen LogP contribution in [-0.2, 0) is 12.8 Å². The SMILES string of the molecule is C1=CCC=C1.C1=Cc2ccccc2C1.C1CCCC1.CC.CC.CC.CC.CC.CC.CC.CC.CC.CC.CC.CC.CC.CC.CC.Cc1ccccc1.c1ccc(-c2ccccc2)cc1.c1ccc(Cc2ccccc2)cc1.c1ccc2ccccc2c1. The van der Waals surface area contributed by atoms with Crippen molar-refractivity contribution in [3.05, 3.63) is 283 Å². The first kappa shape index (κ1) is 109. The topological polar surface area (TPSA) is 0 Å². The molecule has 0 amide bonds. The van der Waals surface area contributed by atoms with Crippen molar-refractivity contribution >= 4 is 16.8 Å². The number of aryl methyl sites for hydroxylation is 1. The van der Waals surface area contributed by atoms with Gasteiger partial charge in [-0.05, 0) is 70.3 Å². The fourth-order valence-corrected chi connectivity index (χ4v) is 6.83. The summed E-state index contributed by atoms with van der Waals surface area (Å²) in [5.41, 5.74) is 9.45. The standard InChI is InChI=1S/C13H12.C12H10.C10H8.C9H8.C7H8.C5H10.C5H6.15C2H6/c1-3-7-12(8-4-1)11-13-9-5-2-6-10-13;1-3-7-11(8-4-1)12-9-5-2-6-10-12;1-2-6-10-8-4-3-7-9(10)5-1;1-2-5-9-7-3-6-8(9)4-1;1-7-5-3-2-4-6-7;2*1-2-4-5-3-1;15*1-2/h1-10H,11H2;1-10H;1-8H;1-6H,7H2;2-6H,1H3;1-5H2;1-4H,5H2;15*1-2H3. The van der Waals surface area contributed by atoms with E-state index in [9.17, 15) is 0 Å². The summed E-state index contributed by atoms with van der Waals surface area (Å²) < 4.78 is 0. The van der Waals surface area contributed by atoms with E-state index >= 15 is 0 Å². The maximum atomic E-state index is 2.20. The fourth-order valence-electron chi connectivity index (χ4n) is 6.83. The van der Waals surface area contributed by atoms with Gasteiger partial charge in [0.15, 0.2) is 0 Å². The van der Waals surface area contributed by atoms with Gasteiger partial charge in [-0.2, -0.15) is 0 Å². The van der Waals surface area contributed by atoms with Crippen molar-refractivity contribution < 1.29 is 0 Å². The summed E-state index contributed by atoms with van der Waals surface area (Å²) in [6.07, 6.45) is 23.5. The summed E-state index contributed by atoms with van der Waals surface area (Å²) in [5.74, 6) is 0. The van der Waals surface area contributed by atoms with E-state index in [0.717, 1.165) is 19.3 Å². The Labute approximate surface area is 573 Å². The van der Waals surface area contributed by atoms with Gasteiger partial charge < -0.3 is 0 Å². The maximum absolute atomic E-state index is 2.20. The monoisotopic (exact) mass is 1250 g/mol. The first-order valence-corrected chi connectivity index (χ1v) is 36.9. The van der Waals surface area contributed by atoms with Gasteiger partial charge in [-0.25, -0.2) is 0 Å². The van der Waals surface area contributed by atoms with Crippen LogP contribution in [0.4, 0.5) is 0 Å². The molecule has 0 spiro atoms. The molecule has 0 aliphatic heterocycles. The minimum atomic E-state index is 1.03. The number of rotatable bonds is 3. The van der Waals surface area contributed by atoms with E-state index in [0.29, 0.717) is 0 Å². The number of benzene rings is 8. The maximum Gasteiger partial charge on any atom is -0.00258 e. The highest BCUT2D eigenvalue weighted by Crippen LogP contribution is 2.19. The summed E-state index contributed by atoms with van der Waals surface area (Å²) in [5, 5.41) is 2.62. The van der Waals surface area contributed by atoms with E-state index in [1.54, 1.807) is 0 Å². The number of hydrogen-bond acceptors (Lipinski definition) is 0. The molecule has 0 nitrogen and oxygen atoms in total. The summed E-state index contributed by atoms with van der Waals surface area (Å²) in [6, 6.07) is 77.3. The molecule has 0 heteroatoms. The highest BCUT2D eigenvalue weighted by molar-refractivity contribution is 5.82. The van der Waals surface area contributed by atoms with Crippen molar-refractivity contribution in [2.75, 3.05) is 0 Å². The van der Waals surface area contributed by atoms with Gasteiger partial charge in [-0.1, -0.05) is 506 Å². The lowest BCUT2D eigenvalue weighted by Gasteiger charge is -2.00. The molecule has 0 saturated heterocycles. The molecule has 3 aliphatic carbocycles. The molecule has 0 bridgehead atoms. The molecule has 0 atom stereocenters. The Balaban J connectivity index is -0.0000000862. The lowest BCUT2D eigenvalue weighted by molar-refractivity contribution is 0.886. The second kappa shape index (κ2) is 111. The van der Waals surface area contributed by atoms with Crippen molar-refractivity contribution in [3.8, 4) is 11.1 Å². The highest BCUT2D eigenvalue weighted by Gasteiger charge is 2.00. The summed E-state index contributed by atoms with van der Waals surface area (Å²) in [4.78, 5) is 0. The normalized spacial score (nSPS) is 9.09. The molecule has 0 N–H and O–H groups in total. The number of hydrogen-bond donors (Lipinski definition) is 0. The van der Waals surface area contributed by atoms with Crippen LogP contribution in [0.1, 0.15) is 274 Å². The molecule has 1 fully saturated rings. The Morgan fingerprint density at radius 2 is 0.484 bits per heavy atom. The third-order valence-electron chi connectivity index (χ3n) is 10.2. The molecule has 91 heavy (non-hydrogen) atoms. The van der Waals surface area contributed by atoms with Gasteiger partial charge in [-0.15, -0.1) is 0 Å². The second-order valence-corrected chi connectivity index (χ2v) is 15.0. The van der Waals surface area contributed by atoms with Gasteiger partial charge in [-0.3, -0.25) is 0 Å². The lowest BCUT2D eigenvalue weighted by Crippen LogP contribution is -1.85. The summed E-state index contributed by atoms with van der Waals surface area (Å²) in [7, 11) is 0. The van der Waals surface area contributed by atoms with Crippen molar-refractivity contribution in [1.82, 2.24) is 0 Å². The third kappa shape index (κ3) is 73.9. The Kier molecular flexibility index (Phi) is 133. The van der Waals surface area contributed by atoms with Crippen LogP contribution in [0.25, 0.3) is 28.0 Å². The average molecular weight is 1250 g/mol. The molecular weight excluding hydrogens is 1090 g/mol. The molecule has 11 rings (SSSR count). The number of allylic oxidation sites excluding steroid dienone is 5. The van der Waals surface area contributed by atoms with Gasteiger partial charge in [0.05, 0.1) is 0 Å². The minimum Gasteiger partial charge on any atom is -0.0808 e. The van der Waals surface area contributed by atoms with Crippen molar-refractivity contribution in [2.45, 2.75) is 266 Å². The molecule has 1 saturated carbocycles. The largest absolute Gasteiger partial charge is 0.0808 e. The minimum absolute atomic E-state index is 1.03. The second-order valence-electron chi connectivity index (χ2n) is 15.0. The van der Waals surface area contributed by atoms with E-state index < -0.39 is 0 Å². The quantitative estimate of drug-likeness (QED) is 0.165. The zero-order valence-electron chi connectivity index (χ0n) is 66.0. The van der Waals surface area contributed by atoms with E-state index in [1.807, 2.05) is 238 Å². The van der Waals surface area contributed by atoms with Crippen LogP contribution in [0, 0.1) is 6.92 Å². The smallest absolute Gasteiger partial charge is 0.00258 e. The van der Waals surface area contributed by atoms with Crippen LogP contribution in [0.2, 0.25) is 0 Å². The van der Waals surface area contributed by atoms with Crippen LogP contribution in [0.15, 0.2) is 255 Å². The van der Waals surface area contributed by atoms with Gasteiger partial charge in [0.25, 0.3) is 0 Å². The van der Waals surface area contributed by atoms with Crippen molar-refractivity contribution in [1.29, 1.82) is 0 Å². The van der Waals surface area contributed by atoms with Crippen molar-refractivity contribution in [2.24, 2.45) is 0 Å². The van der Waals surface area contributed by atoms with Gasteiger partial charge in [0.1, 0.15) is 0 Å². The fraction of sp³-hybridized carbons (Fsp3) is 0.429. The van der Waals surface area contributed by atoms with Gasteiger partial charge >= 0.3 is 0 Å². The van der Waals surface area contributed by atoms with Gasteiger partial charge in [0, 0.05) is 0 Å². The van der Waals surface area contributed by atoms with E-state index in [1.165, 1.54) is 81.8 Å². The number of fused-ring (bicyclic) bond motifs is 2. The van der Waals surface area contributed by atoms with Crippen molar-refractivity contribution in [3.63, 3.8) is 0 Å². The molecular formula is C91H152.